The lowest BCUT2D eigenvalue weighted by atomic mass is 9.77. The van der Waals surface area contributed by atoms with Crippen LogP contribution in [0.15, 0.2) is 23.8 Å². The van der Waals surface area contributed by atoms with Crippen LogP contribution in [0.5, 0.6) is 0 Å². The maximum absolute atomic E-state index is 8.99. The summed E-state index contributed by atoms with van der Waals surface area (Å²) in [6, 6.07) is 0. The molecule has 0 saturated carbocycles. The van der Waals surface area contributed by atoms with Gasteiger partial charge in [0.2, 0.25) is 0 Å². The summed E-state index contributed by atoms with van der Waals surface area (Å²) >= 11 is 0. The highest BCUT2D eigenvalue weighted by Crippen LogP contribution is 2.44. The van der Waals surface area contributed by atoms with Gasteiger partial charge in [-0.15, -0.1) is 0 Å². The molecule has 0 saturated heterocycles. The number of allylic oxidation sites excluding steroid dienone is 2. The Balaban J connectivity index is 2.63. The molecule has 0 aliphatic heterocycles. The zero-order valence-corrected chi connectivity index (χ0v) is 10.9. The molecular formula is C14H24O2. The second kappa shape index (κ2) is 5.65. The van der Waals surface area contributed by atoms with E-state index in [-0.39, 0.29) is 17.9 Å². The van der Waals surface area contributed by atoms with Crippen LogP contribution < -0.4 is 0 Å². The Morgan fingerprint density at radius 2 is 2.31 bits per heavy atom. The number of hydrogen-bond acceptors (Lipinski definition) is 2. The van der Waals surface area contributed by atoms with Crippen molar-refractivity contribution in [1.29, 1.82) is 0 Å². The van der Waals surface area contributed by atoms with Crippen LogP contribution in [0.4, 0.5) is 0 Å². The third-order valence-electron chi connectivity index (χ3n) is 3.63. The lowest BCUT2D eigenvalue weighted by Crippen LogP contribution is -2.22. The van der Waals surface area contributed by atoms with Crippen LogP contribution in [0.25, 0.3) is 0 Å². The Bertz CT molecular complexity index is 276. The van der Waals surface area contributed by atoms with Crippen molar-refractivity contribution in [2.75, 3.05) is 20.3 Å². The maximum atomic E-state index is 8.99. The number of methoxy groups -OCH3 is 1. The van der Waals surface area contributed by atoms with Crippen molar-refractivity contribution in [3.63, 3.8) is 0 Å². The quantitative estimate of drug-likeness (QED) is 0.728. The molecule has 2 atom stereocenters. The van der Waals surface area contributed by atoms with E-state index in [1.54, 1.807) is 7.11 Å². The van der Waals surface area contributed by atoms with Crippen molar-refractivity contribution in [1.82, 2.24) is 0 Å². The lowest BCUT2D eigenvalue weighted by Gasteiger charge is -2.29. The zero-order chi connectivity index (χ0) is 12.2. The average molecular weight is 224 g/mol. The number of aliphatic hydroxyl groups is 1. The molecule has 0 heterocycles. The van der Waals surface area contributed by atoms with Crippen LogP contribution in [0.3, 0.4) is 0 Å². The monoisotopic (exact) mass is 224 g/mol. The molecule has 0 bridgehead atoms. The molecule has 0 aromatic heterocycles. The molecule has 0 amide bonds. The fourth-order valence-electron chi connectivity index (χ4n) is 2.17. The zero-order valence-electron chi connectivity index (χ0n) is 10.9. The SMILES string of the molecule is COCC1=CCC(C=CC(C)CO)C1(C)C. The maximum Gasteiger partial charge on any atom is 0.0678 e. The fourth-order valence-corrected chi connectivity index (χ4v) is 2.17. The van der Waals surface area contributed by atoms with E-state index in [9.17, 15) is 0 Å². The van der Waals surface area contributed by atoms with E-state index in [1.807, 2.05) is 6.92 Å². The summed E-state index contributed by atoms with van der Waals surface area (Å²) in [5.41, 5.74) is 1.57. The summed E-state index contributed by atoms with van der Waals surface area (Å²) in [4.78, 5) is 0. The summed E-state index contributed by atoms with van der Waals surface area (Å²) in [5, 5.41) is 8.99. The minimum atomic E-state index is 0.182. The second-order valence-electron chi connectivity index (χ2n) is 5.27. The van der Waals surface area contributed by atoms with Crippen molar-refractivity contribution >= 4 is 0 Å². The van der Waals surface area contributed by atoms with E-state index in [2.05, 4.69) is 32.1 Å². The van der Waals surface area contributed by atoms with Gasteiger partial charge in [-0.1, -0.05) is 39.0 Å². The van der Waals surface area contributed by atoms with Gasteiger partial charge in [-0.3, -0.25) is 0 Å². The first-order chi connectivity index (χ1) is 7.52. The standard InChI is InChI=1S/C14H24O2/c1-11(9-15)5-6-12-7-8-13(10-16-4)14(12,2)3/h5-6,8,11-12,15H,7,9-10H2,1-4H3. The highest BCUT2D eigenvalue weighted by atomic mass is 16.5. The van der Waals surface area contributed by atoms with Gasteiger partial charge in [0.15, 0.2) is 0 Å². The number of aliphatic hydroxyl groups excluding tert-OH is 1. The van der Waals surface area contributed by atoms with Gasteiger partial charge >= 0.3 is 0 Å². The topological polar surface area (TPSA) is 29.5 Å². The first-order valence-corrected chi connectivity index (χ1v) is 6.00. The Labute approximate surface area is 99.0 Å². The predicted molar refractivity (Wildman–Crippen MR) is 67.2 cm³/mol. The Kier molecular flexibility index (Phi) is 4.75. The molecular weight excluding hydrogens is 200 g/mol. The molecule has 0 spiro atoms. The number of hydrogen-bond donors (Lipinski definition) is 1. The average Bonchev–Trinajstić information content (AvgIpc) is 2.52. The van der Waals surface area contributed by atoms with Crippen LogP contribution in [0.1, 0.15) is 27.2 Å². The molecule has 0 aromatic rings. The van der Waals surface area contributed by atoms with Crippen LogP contribution in [-0.4, -0.2) is 25.4 Å². The van der Waals surface area contributed by atoms with Crippen LogP contribution in [0, 0.1) is 17.3 Å². The largest absolute Gasteiger partial charge is 0.396 e. The van der Waals surface area contributed by atoms with Gasteiger partial charge in [0, 0.05) is 13.7 Å². The predicted octanol–water partition coefficient (Wildman–Crippen LogP) is 2.79. The molecule has 16 heavy (non-hydrogen) atoms. The Morgan fingerprint density at radius 3 is 2.88 bits per heavy atom. The fraction of sp³-hybridized carbons (Fsp3) is 0.714. The minimum absolute atomic E-state index is 0.182. The van der Waals surface area contributed by atoms with Gasteiger partial charge in [-0.25, -0.2) is 0 Å². The van der Waals surface area contributed by atoms with Gasteiger partial charge < -0.3 is 9.84 Å². The molecule has 1 rings (SSSR count). The molecule has 0 radical (unpaired) electrons. The summed E-state index contributed by atoms with van der Waals surface area (Å²) in [7, 11) is 1.74. The molecule has 1 N–H and O–H groups in total. The molecule has 0 fully saturated rings. The smallest absolute Gasteiger partial charge is 0.0678 e. The third kappa shape index (κ3) is 2.96. The molecule has 1 aliphatic carbocycles. The minimum Gasteiger partial charge on any atom is -0.396 e. The van der Waals surface area contributed by atoms with Crippen molar-refractivity contribution in [2.24, 2.45) is 17.3 Å². The van der Waals surface area contributed by atoms with Crippen LogP contribution in [-0.2, 0) is 4.74 Å². The van der Waals surface area contributed by atoms with Gasteiger partial charge in [0.25, 0.3) is 0 Å². The molecule has 2 unspecified atom stereocenters. The van der Waals surface area contributed by atoms with Crippen molar-refractivity contribution in [3.05, 3.63) is 23.8 Å². The second-order valence-corrected chi connectivity index (χ2v) is 5.27. The summed E-state index contributed by atoms with van der Waals surface area (Å²) in [6.07, 6.45) is 7.75. The van der Waals surface area contributed by atoms with Gasteiger partial charge in [-0.05, 0) is 29.2 Å². The van der Waals surface area contributed by atoms with Gasteiger partial charge in [-0.2, -0.15) is 0 Å². The highest BCUT2D eigenvalue weighted by Gasteiger charge is 2.35. The number of ether oxygens (including phenoxy) is 1. The molecule has 2 heteroatoms. The first-order valence-electron chi connectivity index (χ1n) is 6.00. The normalized spacial score (nSPS) is 26.1. The summed E-state index contributed by atoms with van der Waals surface area (Å²) in [6.45, 7) is 7.52. The Hall–Kier alpha value is -0.600. The van der Waals surface area contributed by atoms with Crippen LogP contribution >= 0.6 is 0 Å². The summed E-state index contributed by atoms with van der Waals surface area (Å²) < 4.78 is 5.22. The van der Waals surface area contributed by atoms with Crippen LogP contribution in [0.2, 0.25) is 0 Å². The van der Waals surface area contributed by atoms with E-state index < -0.39 is 0 Å². The first kappa shape index (κ1) is 13.5. The van der Waals surface area contributed by atoms with E-state index in [4.69, 9.17) is 9.84 Å². The van der Waals surface area contributed by atoms with Crippen molar-refractivity contribution < 1.29 is 9.84 Å². The van der Waals surface area contributed by atoms with E-state index in [0.29, 0.717) is 5.92 Å². The Morgan fingerprint density at radius 1 is 1.62 bits per heavy atom. The van der Waals surface area contributed by atoms with Gasteiger partial charge in [0.05, 0.1) is 6.61 Å². The molecule has 92 valence electrons. The van der Waals surface area contributed by atoms with E-state index in [1.165, 1.54) is 5.57 Å². The molecule has 1 aliphatic rings. The highest BCUT2D eigenvalue weighted by molar-refractivity contribution is 5.24. The molecule has 2 nitrogen and oxygen atoms in total. The van der Waals surface area contributed by atoms with Crippen molar-refractivity contribution in [2.45, 2.75) is 27.2 Å². The number of rotatable bonds is 5. The lowest BCUT2D eigenvalue weighted by molar-refractivity contribution is 0.198. The van der Waals surface area contributed by atoms with Crippen molar-refractivity contribution in [3.8, 4) is 0 Å². The van der Waals surface area contributed by atoms with E-state index in [0.717, 1.165) is 13.0 Å². The van der Waals surface area contributed by atoms with E-state index >= 15 is 0 Å². The summed E-state index contributed by atoms with van der Waals surface area (Å²) in [5.74, 6) is 0.786. The van der Waals surface area contributed by atoms with Gasteiger partial charge in [0.1, 0.15) is 0 Å². The molecule has 0 aromatic carbocycles. The third-order valence-corrected chi connectivity index (χ3v) is 3.63.